The second kappa shape index (κ2) is 6.54. The highest BCUT2D eigenvalue weighted by Gasteiger charge is 2.31. The van der Waals surface area contributed by atoms with E-state index in [-0.39, 0.29) is 0 Å². The van der Waals surface area contributed by atoms with Crippen molar-refractivity contribution in [1.29, 1.82) is 0 Å². The van der Waals surface area contributed by atoms with E-state index in [9.17, 15) is 0 Å². The van der Waals surface area contributed by atoms with Gasteiger partial charge in [0, 0.05) is 30.4 Å². The van der Waals surface area contributed by atoms with E-state index in [0.29, 0.717) is 5.92 Å². The monoisotopic (exact) mass is 293 g/mol. The fraction of sp³-hybridized carbons (Fsp3) is 0.812. The first-order chi connectivity index (χ1) is 9.72. The maximum atomic E-state index is 4.82. The Morgan fingerprint density at radius 2 is 2.05 bits per heavy atom. The highest BCUT2D eigenvalue weighted by molar-refractivity contribution is 7.09. The molecule has 1 aromatic rings. The van der Waals surface area contributed by atoms with E-state index in [1.807, 2.05) is 11.3 Å². The summed E-state index contributed by atoms with van der Waals surface area (Å²) in [6.45, 7) is 9.22. The highest BCUT2D eigenvalue weighted by atomic mass is 32.1. The lowest BCUT2D eigenvalue weighted by Gasteiger charge is -2.29. The van der Waals surface area contributed by atoms with Gasteiger partial charge in [0.05, 0.1) is 10.7 Å². The Balaban J connectivity index is 1.58. The average Bonchev–Trinajstić information content (AvgIpc) is 3.19. The van der Waals surface area contributed by atoms with E-state index in [0.717, 1.165) is 18.5 Å². The SMILES string of the molecule is CC(C)c1nc(CN(CC2CCNCC2)C2CC2)cs1. The smallest absolute Gasteiger partial charge is 0.0954 e. The largest absolute Gasteiger partial charge is 0.317 e. The Kier molecular flexibility index (Phi) is 4.74. The molecule has 2 fully saturated rings. The summed E-state index contributed by atoms with van der Waals surface area (Å²) < 4.78 is 0. The summed E-state index contributed by atoms with van der Waals surface area (Å²) in [5.74, 6) is 1.45. The minimum absolute atomic E-state index is 0.563. The summed E-state index contributed by atoms with van der Waals surface area (Å²) in [6, 6.07) is 0.842. The van der Waals surface area contributed by atoms with Crippen molar-refractivity contribution in [2.24, 2.45) is 5.92 Å². The molecule has 0 aromatic carbocycles. The number of nitrogens with one attached hydrogen (secondary N) is 1. The van der Waals surface area contributed by atoms with Crippen molar-refractivity contribution in [3.05, 3.63) is 16.1 Å². The van der Waals surface area contributed by atoms with Gasteiger partial charge in [-0.3, -0.25) is 4.90 Å². The van der Waals surface area contributed by atoms with Crippen molar-refractivity contribution in [3.8, 4) is 0 Å². The zero-order chi connectivity index (χ0) is 13.9. The second-order valence-electron chi connectivity index (χ2n) is 6.69. The number of nitrogens with zero attached hydrogens (tertiary/aromatic N) is 2. The number of aromatic nitrogens is 1. The summed E-state index contributed by atoms with van der Waals surface area (Å²) in [6.07, 6.45) is 5.48. The van der Waals surface area contributed by atoms with Gasteiger partial charge in [-0.15, -0.1) is 11.3 Å². The van der Waals surface area contributed by atoms with Gasteiger partial charge in [-0.25, -0.2) is 4.98 Å². The molecule has 2 aliphatic rings. The molecule has 1 aliphatic heterocycles. The number of piperidine rings is 1. The number of rotatable bonds is 6. The van der Waals surface area contributed by atoms with Gasteiger partial charge in [-0.2, -0.15) is 0 Å². The Bertz CT molecular complexity index is 419. The molecule has 4 heteroatoms. The Morgan fingerprint density at radius 3 is 2.65 bits per heavy atom. The molecule has 0 unspecified atom stereocenters. The van der Waals surface area contributed by atoms with Gasteiger partial charge in [0.1, 0.15) is 0 Å². The summed E-state index contributed by atoms with van der Waals surface area (Å²) in [7, 11) is 0. The molecule has 0 spiro atoms. The lowest BCUT2D eigenvalue weighted by Crippen LogP contribution is -2.37. The van der Waals surface area contributed by atoms with Crippen LogP contribution in [0.3, 0.4) is 0 Å². The van der Waals surface area contributed by atoms with Gasteiger partial charge in [0.15, 0.2) is 0 Å². The van der Waals surface area contributed by atoms with E-state index in [4.69, 9.17) is 4.98 Å². The van der Waals surface area contributed by atoms with Crippen molar-refractivity contribution >= 4 is 11.3 Å². The zero-order valence-electron chi connectivity index (χ0n) is 12.8. The topological polar surface area (TPSA) is 28.2 Å². The molecule has 1 saturated carbocycles. The molecular weight excluding hydrogens is 266 g/mol. The van der Waals surface area contributed by atoms with Crippen molar-refractivity contribution in [3.63, 3.8) is 0 Å². The Labute approximate surface area is 126 Å². The Morgan fingerprint density at radius 1 is 1.30 bits per heavy atom. The number of hydrogen-bond donors (Lipinski definition) is 1. The van der Waals surface area contributed by atoms with Crippen LogP contribution in [0.2, 0.25) is 0 Å². The first kappa shape index (κ1) is 14.5. The lowest BCUT2D eigenvalue weighted by molar-refractivity contribution is 0.188. The van der Waals surface area contributed by atoms with E-state index in [2.05, 4.69) is 29.4 Å². The van der Waals surface area contributed by atoms with Crippen LogP contribution in [0.15, 0.2) is 5.38 Å². The molecule has 0 atom stereocenters. The third kappa shape index (κ3) is 3.80. The van der Waals surface area contributed by atoms with Crippen LogP contribution in [0.5, 0.6) is 0 Å². The molecule has 0 bridgehead atoms. The molecule has 2 heterocycles. The maximum Gasteiger partial charge on any atom is 0.0954 e. The summed E-state index contributed by atoms with van der Waals surface area (Å²) >= 11 is 1.83. The third-order valence-corrected chi connectivity index (χ3v) is 5.64. The number of thiazole rings is 1. The van der Waals surface area contributed by atoms with E-state index in [1.165, 1.54) is 56.0 Å². The first-order valence-electron chi connectivity index (χ1n) is 8.11. The molecule has 3 rings (SSSR count). The first-order valence-corrected chi connectivity index (χ1v) is 8.99. The van der Waals surface area contributed by atoms with E-state index in [1.54, 1.807) is 0 Å². The maximum absolute atomic E-state index is 4.82. The minimum atomic E-state index is 0.563. The van der Waals surface area contributed by atoms with Gasteiger partial charge in [0.25, 0.3) is 0 Å². The normalized spacial score (nSPS) is 21.0. The van der Waals surface area contributed by atoms with Crippen LogP contribution in [0.1, 0.15) is 56.2 Å². The molecule has 0 radical (unpaired) electrons. The predicted octanol–water partition coefficient (Wildman–Crippen LogP) is 3.23. The van der Waals surface area contributed by atoms with Gasteiger partial charge in [0.2, 0.25) is 0 Å². The van der Waals surface area contributed by atoms with Gasteiger partial charge >= 0.3 is 0 Å². The van der Waals surface area contributed by atoms with Gasteiger partial charge in [-0.1, -0.05) is 13.8 Å². The van der Waals surface area contributed by atoms with Crippen LogP contribution >= 0.6 is 11.3 Å². The van der Waals surface area contributed by atoms with Crippen molar-refractivity contribution in [2.75, 3.05) is 19.6 Å². The molecule has 0 amide bonds. The summed E-state index contributed by atoms with van der Waals surface area (Å²) in [5, 5.41) is 7.03. The molecule has 1 aliphatic carbocycles. The molecule has 1 saturated heterocycles. The van der Waals surface area contributed by atoms with E-state index >= 15 is 0 Å². The van der Waals surface area contributed by atoms with Crippen LogP contribution in [-0.4, -0.2) is 35.6 Å². The van der Waals surface area contributed by atoms with Crippen molar-refractivity contribution in [2.45, 2.75) is 58.0 Å². The second-order valence-corrected chi connectivity index (χ2v) is 7.58. The predicted molar refractivity (Wildman–Crippen MR) is 85.2 cm³/mol. The highest BCUT2D eigenvalue weighted by Crippen LogP contribution is 2.31. The Hall–Kier alpha value is -0.450. The quantitative estimate of drug-likeness (QED) is 0.873. The van der Waals surface area contributed by atoms with Crippen molar-refractivity contribution < 1.29 is 0 Å². The molecule has 1 N–H and O–H groups in total. The van der Waals surface area contributed by atoms with Crippen LogP contribution < -0.4 is 5.32 Å². The number of hydrogen-bond acceptors (Lipinski definition) is 4. The lowest BCUT2D eigenvalue weighted by atomic mass is 9.97. The van der Waals surface area contributed by atoms with Crippen LogP contribution in [0.4, 0.5) is 0 Å². The van der Waals surface area contributed by atoms with Gasteiger partial charge in [-0.05, 0) is 44.7 Å². The average molecular weight is 293 g/mol. The van der Waals surface area contributed by atoms with Crippen molar-refractivity contribution in [1.82, 2.24) is 15.2 Å². The summed E-state index contributed by atoms with van der Waals surface area (Å²) in [5.41, 5.74) is 1.29. The fourth-order valence-electron chi connectivity index (χ4n) is 3.05. The summed E-state index contributed by atoms with van der Waals surface area (Å²) in [4.78, 5) is 7.52. The minimum Gasteiger partial charge on any atom is -0.317 e. The molecule has 20 heavy (non-hydrogen) atoms. The fourth-order valence-corrected chi connectivity index (χ4v) is 3.87. The van der Waals surface area contributed by atoms with E-state index < -0.39 is 0 Å². The standard InChI is InChI=1S/C16H27N3S/c1-12(2)16-18-14(11-20-16)10-19(15-3-4-15)9-13-5-7-17-8-6-13/h11-13,15,17H,3-10H2,1-2H3. The van der Waals surface area contributed by atoms with Crippen LogP contribution in [0, 0.1) is 5.92 Å². The van der Waals surface area contributed by atoms with Gasteiger partial charge < -0.3 is 5.32 Å². The zero-order valence-corrected chi connectivity index (χ0v) is 13.6. The van der Waals surface area contributed by atoms with Crippen LogP contribution in [-0.2, 0) is 6.54 Å². The molecule has 3 nitrogen and oxygen atoms in total. The third-order valence-electron chi connectivity index (χ3n) is 4.44. The molecular formula is C16H27N3S. The molecule has 1 aromatic heterocycles. The van der Waals surface area contributed by atoms with Crippen LogP contribution in [0.25, 0.3) is 0 Å². The molecule has 112 valence electrons.